The molecule has 0 aliphatic heterocycles. The minimum Gasteiger partial charge on any atom is -0.497 e. The number of rotatable bonds is 7. The van der Waals surface area contributed by atoms with Crippen molar-refractivity contribution in [3.8, 4) is 11.5 Å². The van der Waals surface area contributed by atoms with Gasteiger partial charge in [-0.3, -0.25) is 4.68 Å². The van der Waals surface area contributed by atoms with Gasteiger partial charge in [0.2, 0.25) is 0 Å². The van der Waals surface area contributed by atoms with E-state index in [9.17, 15) is 0 Å². The molecule has 1 unspecified atom stereocenters. The van der Waals surface area contributed by atoms with E-state index < -0.39 is 0 Å². The summed E-state index contributed by atoms with van der Waals surface area (Å²) >= 11 is 0. The molecule has 1 heterocycles. The Morgan fingerprint density at radius 3 is 2.71 bits per heavy atom. The normalized spacial score (nSPS) is 12.2. The fraction of sp³-hybridized carbons (Fsp3) is 0.438. The van der Waals surface area contributed by atoms with Crippen LogP contribution in [0.1, 0.15) is 30.5 Å². The van der Waals surface area contributed by atoms with Gasteiger partial charge in [-0.2, -0.15) is 5.10 Å². The molecule has 0 aliphatic rings. The molecule has 0 fully saturated rings. The highest BCUT2D eigenvalue weighted by atomic mass is 16.5. The van der Waals surface area contributed by atoms with Crippen molar-refractivity contribution in [1.82, 2.24) is 15.1 Å². The summed E-state index contributed by atoms with van der Waals surface area (Å²) in [6.07, 6.45) is 5.03. The first-order valence-electron chi connectivity index (χ1n) is 7.15. The second-order valence-electron chi connectivity index (χ2n) is 4.87. The summed E-state index contributed by atoms with van der Waals surface area (Å²) in [4.78, 5) is 0. The molecule has 1 aromatic heterocycles. The third kappa shape index (κ3) is 3.36. The van der Waals surface area contributed by atoms with Gasteiger partial charge in [-0.05, 0) is 31.7 Å². The van der Waals surface area contributed by atoms with E-state index in [0.717, 1.165) is 35.6 Å². The molecule has 5 nitrogen and oxygen atoms in total. The molecule has 114 valence electrons. The van der Waals surface area contributed by atoms with E-state index in [1.54, 1.807) is 14.2 Å². The lowest BCUT2D eigenvalue weighted by molar-refractivity contribution is 0.395. The van der Waals surface area contributed by atoms with Gasteiger partial charge < -0.3 is 14.8 Å². The Hall–Kier alpha value is -2.01. The Labute approximate surface area is 125 Å². The Morgan fingerprint density at radius 2 is 2.10 bits per heavy atom. The van der Waals surface area contributed by atoms with Gasteiger partial charge in [0.05, 0.1) is 26.5 Å². The molecule has 0 spiro atoms. The van der Waals surface area contributed by atoms with Gasteiger partial charge in [-0.25, -0.2) is 0 Å². The lowest BCUT2D eigenvalue weighted by Gasteiger charge is -2.19. The van der Waals surface area contributed by atoms with Crippen molar-refractivity contribution in [3.05, 3.63) is 41.7 Å². The van der Waals surface area contributed by atoms with E-state index in [1.807, 2.05) is 36.1 Å². The second kappa shape index (κ2) is 7.13. The van der Waals surface area contributed by atoms with Crippen LogP contribution in [0.15, 0.2) is 30.6 Å². The maximum absolute atomic E-state index is 5.48. The van der Waals surface area contributed by atoms with Crippen LogP contribution >= 0.6 is 0 Å². The Morgan fingerprint density at radius 1 is 1.29 bits per heavy atom. The Kier molecular flexibility index (Phi) is 5.22. The van der Waals surface area contributed by atoms with Crippen molar-refractivity contribution >= 4 is 0 Å². The van der Waals surface area contributed by atoms with Crippen LogP contribution in [0, 0.1) is 0 Å². The van der Waals surface area contributed by atoms with Crippen LogP contribution in [0.2, 0.25) is 0 Å². The second-order valence-corrected chi connectivity index (χ2v) is 4.87. The summed E-state index contributed by atoms with van der Waals surface area (Å²) in [5.41, 5.74) is 2.15. The summed E-state index contributed by atoms with van der Waals surface area (Å²) in [6, 6.07) is 5.84. The lowest BCUT2D eigenvalue weighted by Crippen LogP contribution is -2.18. The first kappa shape index (κ1) is 15.4. The molecule has 1 N–H and O–H groups in total. The molecule has 21 heavy (non-hydrogen) atoms. The van der Waals surface area contributed by atoms with E-state index in [2.05, 4.69) is 23.5 Å². The summed E-state index contributed by atoms with van der Waals surface area (Å²) in [6.45, 7) is 3.06. The topological polar surface area (TPSA) is 48.3 Å². The van der Waals surface area contributed by atoms with E-state index in [1.165, 1.54) is 0 Å². The summed E-state index contributed by atoms with van der Waals surface area (Å²) in [7, 11) is 5.28. The molecule has 5 heteroatoms. The third-order valence-electron chi connectivity index (χ3n) is 3.48. The zero-order chi connectivity index (χ0) is 15.2. The van der Waals surface area contributed by atoms with Crippen LogP contribution < -0.4 is 14.8 Å². The first-order valence-corrected chi connectivity index (χ1v) is 7.15. The summed E-state index contributed by atoms with van der Waals surface area (Å²) < 4.78 is 12.8. The van der Waals surface area contributed by atoms with Gasteiger partial charge in [0.25, 0.3) is 0 Å². The van der Waals surface area contributed by atoms with Crippen molar-refractivity contribution in [3.63, 3.8) is 0 Å². The molecule has 1 atom stereocenters. The highest BCUT2D eigenvalue weighted by Gasteiger charge is 2.19. The van der Waals surface area contributed by atoms with E-state index in [0.29, 0.717) is 0 Å². The van der Waals surface area contributed by atoms with Crippen LogP contribution in [0.5, 0.6) is 11.5 Å². The Bertz CT molecular complexity index is 581. The predicted molar refractivity (Wildman–Crippen MR) is 83.0 cm³/mol. The van der Waals surface area contributed by atoms with Crippen molar-refractivity contribution in [2.75, 3.05) is 21.3 Å². The predicted octanol–water partition coefficient (Wildman–Crippen LogP) is 2.62. The maximum Gasteiger partial charge on any atom is 0.124 e. The van der Waals surface area contributed by atoms with E-state index in [4.69, 9.17) is 9.47 Å². The lowest BCUT2D eigenvalue weighted by atomic mass is 10.0. The zero-order valence-electron chi connectivity index (χ0n) is 13.1. The van der Waals surface area contributed by atoms with Gasteiger partial charge >= 0.3 is 0 Å². The largest absolute Gasteiger partial charge is 0.497 e. The van der Waals surface area contributed by atoms with Crippen LogP contribution in [0.25, 0.3) is 0 Å². The van der Waals surface area contributed by atoms with Crippen LogP contribution in [0.3, 0.4) is 0 Å². The average Bonchev–Trinajstić information content (AvgIpc) is 2.96. The molecule has 0 bridgehead atoms. The number of hydrogen-bond donors (Lipinski definition) is 1. The van der Waals surface area contributed by atoms with Crippen LogP contribution in [-0.4, -0.2) is 31.0 Å². The molecule has 0 radical (unpaired) electrons. The SMILES string of the molecule is CCCn1cc(C(NC)c2cc(OC)ccc2OC)cn1. The number of benzene rings is 1. The summed E-state index contributed by atoms with van der Waals surface area (Å²) in [5, 5.41) is 7.73. The number of ether oxygens (including phenoxy) is 2. The van der Waals surface area contributed by atoms with E-state index in [-0.39, 0.29) is 6.04 Å². The van der Waals surface area contributed by atoms with Crippen molar-refractivity contribution in [1.29, 1.82) is 0 Å². The minimum atomic E-state index is 0.0145. The van der Waals surface area contributed by atoms with Crippen molar-refractivity contribution < 1.29 is 9.47 Å². The van der Waals surface area contributed by atoms with Gasteiger partial charge in [0.1, 0.15) is 11.5 Å². The number of aryl methyl sites for hydroxylation is 1. The molecule has 2 aromatic rings. The highest BCUT2D eigenvalue weighted by Crippen LogP contribution is 2.32. The molecule has 0 saturated heterocycles. The molecule has 0 amide bonds. The molecule has 0 saturated carbocycles. The third-order valence-corrected chi connectivity index (χ3v) is 3.48. The summed E-state index contributed by atoms with van der Waals surface area (Å²) in [5.74, 6) is 1.64. The van der Waals surface area contributed by atoms with E-state index >= 15 is 0 Å². The number of methoxy groups -OCH3 is 2. The maximum atomic E-state index is 5.48. The fourth-order valence-corrected chi connectivity index (χ4v) is 2.45. The number of aromatic nitrogens is 2. The average molecular weight is 289 g/mol. The number of hydrogen-bond acceptors (Lipinski definition) is 4. The molecule has 0 aliphatic carbocycles. The molecule has 1 aromatic carbocycles. The first-order chi connectivity index (χ1) is 10.2. The van der Waals surface area contributed by atoms with Gasteiger partial charge in [-0.1, -0.05) is 6.92 Å². The number of nitrogens with one attached hydrogen (secondary N) is 1. The van der Waals surface area contributed by atoms with Gasteiger partial charge in [0, 0.05) is 23.9 Å². The zero-order valence-corrected chi connectivity index (χ0v) is 13.1. The van der Waals surface area contributed by atoms with Crippen LogP contribution in [0.4, 0.5) is 0 Å². The number of nitrogens with zero attached hydrogens (tertiary/aromatic N) is 2. The van der Waals surface area contributed by atoms with Crippen molar-refractivity contribution in [2.24, 2.45) is 0 Å². The monoisotopic (exact) mass is 289 g/mol. The quantitative estimate of drug-likeness (QED) is 0.851. The molecule has 2 rings (SSSR count). The minimum absolute atomic E-state index is 0.0145. The van der Waals surface area contributed by atoms with Gasteiger partial charge in [-0.15, -0.1) is 0 Å². The molecular weight excluding hydrogens is 266 g/mol. The highest BCUT2D eigenvalue weighted by molar-refractivity contribution is 5.45. The smallest absolute Gasteiger partial charge is 0.124 e. The fourth-order valence-electron chi connectivity index (χ4n) is 2.45. The Balaban J connectivity index is 2.39. The molecular formula is C16H23N3O2. The van der Waals surface area contributed by atoms with Crippen molar-refractivity contribution in [2.45, 2.75) is 25.9 Å². The van der Waals surface area contributed by atoms with Gasteiger partial charge in [0.15, 0.2) is 0 Å². The van der Waals surface area contributed by atoms with Crippen LogP contribution in [-0.2, 0) is 6.54 Å². The standard InChI is InChI=1S/C16H23N3O2/c1-5-8-19-11-12(10-18-19)16(17-2)14-9-13(20-3)6-7-15(14)21-4/h6-7,9-11,16-17H,5,8H2,1-4H3.